The molecule has 0 atom stereocenters. The first-order valence-corrected chi connectivity index (χ1v) is 5.32. The highest BCUT2D eigenvalue weighted by atomic mass is 19.1. The molecular formula is C12H17FN2O. The largest absolute Gasteiger partial charge is 0.382 e. The Hall–Kier alpha value is -1.58. The first-order valence-electron chi connectivity index (χ1n) is 5.32. The number of hydrogen-bond donors (Lipinski definition) is 1. The molecule has 16 heavy (non-hydrogen) atoms. The molecule has 4 heteroatoms. The Morgan fingerprint density at radius 2 is 2.12 bits per heavy atom. The zero-order chi connectivity index (χ0) is 12.1. The summed E-state index contributed by atoms with van der Waals surface area (Å²) in [6.07, 6.45) is 0.879. The SMILES string of the molecule is CCCNc1c(F)cccc1C(=O)N(C)C. The Bertz CT molecular complexity index is 377. The van der Waals surface area contributed by atoms with Gasteiger partial charge >= 0.3 is 0 Å². The van der Waals surface area contributed by atoms with Gasteiger partial charge in [0, 0.05) is 20.6 Å². The minimum atomic E-state index is -0.388. The van der Waals surface area contributed by atoms with E-state index >= 15 is 0 Å². The Morgan fingerprint density at radius 3 is 2.69 bits per heavy atom. The van der Waals surface area contributed by atoms with E-state index in [4.69, 9.17) is 0 Å². The maximum atomic E-state index is 13.6. The summed E-state index contributed by atoms with van der Waals surface area (Å²) < 4.78 is 13.6. The first-order chi connectivity index (χ1) is 7.57. The fourth-order valence-electron chi connectivity index (χ4n) is 1.37. The molecule has 0 aliphatic rings. The molecule has 0 bridgehead atoms. The molecule has 0 fully saturated rings. The average Bonchev–Trinajstić information content (AvgIpc) is 2.26. The van der Waals surface area contributed by atoms with Crippen LogP contribution in [0.1, 0.15) is 23.7 Å². The van der Waals surface area contributed by atoms with Crippen molar-refractivity contribution in [3.8, 4) is 0 Å². The van der Waals surface area contributed by atoms with Gasteiger partial charge in [-0.1, -0.05) is 13.0 Å². The summed E-state index contributed by atoms with van der Waals surface area (Å²) in [5.41, 5.74) is 0.668. The maximum absolute atomic E-state index is 13.6. The lowest BCUT2D eigenvalue weighted by Crippen LogP contribution is -2.23. The van der Waals surface area contributed by atoms with Crippen LogP contribution in [0.5, 0.6) is 0 Å². The molecule has 1 rings (SSSR count). The van der Waals surface area contributed by atoms with E-state index < -0.39 is 0 Å². The highest BCUT2D eigenvalue weighted by Crippen LogP contribution is 2.20. The van der Waals surface area contributed by atoms with Crippen molar-refractivity contribution in [3.05, 3.63) is 29.6 Å². The van der Waals surface area contributed by atoms with Gasteiger partial charge in [0.05, 0.1) is 11.3 Å². The minimum absolute atomic E-state index is 0.196. The predicted molar refractivity (Wildman–Crippen MR) is 63.2 cm³/mol. The molecule has 0 saturated heterocycles. The molecule has 1 aromatic carbocycles. The molecule has 0 heterocycles. The zero-order valence-electron chi connectivity index (χ0n) is 9.88. The average molecular weight is 224 g/mol. The van der Waals surface area contributed by atoms with Crippen molar-refractivity contribution in [2.24, 2.45) is 0 Å². The van der Waals surface area contributed by atoms with Crippen molar-refractivity contribution in [3.63, 3.8) is 0 Å². The second kappa shape index (κ2) is 5.49. The molecule has 88 valence electrons. The summed E-state index contributed by atoms with van der Waals surface area (Å²) in [5.74, 6) is -0.584. The summed E-state index contributed by atoms with van der Waals surface area (Å²) in [4.78, 5) is 13.2. The molecule has 0 unspecified atom stereocenters. The number of rotatable bonds is 4. The van der Waals surface area contributed by atoms with Crippen LogP contribution in [0.25, 0.3) is 0 Å². The monoisotopic (exact) mass is 224 g/mol. The first kappa shape index (κ1) is 12.5. The molecule has 0 aliphatic carbocycles. The van der Waals surface area contributed by atoms with Gasteiger partial charge in [0.2, 0.25) is 0 Å². The lowest BCUT2D eigenvalue weighted by atomic mass is 10.1. The third-order valence-electron chi connectivity index (χ3n) is 2.20. The number of nitrogens with one attached hydrogen (secondary N) is 1. The number of benzene rings is 1. The van der Waals surface area contributed by atoms with E-state index in [1.807, 2.05) is 6.92 Å². The summed E-state index contributed by atoms with van der Waals surface area (Å²) in [5, 5.41) is 2.94. The number of halogens is 1. The minimum Gasteiger partial charge on any atom is -0.382 e. The highest BCUT2D eigenvalue weighted by molar-refractivity contribution is 5.99. The van der Waals surface area contributed by atoms with Crippen molar-refractivity contribution in [2.45, 2.75) is 13.3 Å². The van der Waals surface area contributed by atoms with Crippen LogP contribution in [0, 0.1) is 5.82 Å². The standard InChI is InChI=1S/C12H17FN2O/c1-4-8-14-11-9(12(16)15(2)3)6-5-7-10(11)13/h5-7,14H,4,8H2,1-3H3. The number of carbonyl (C=O) groups is 1. The van der Waals surface area contributed by atoms with Crippen LogP contribution in [0.2, 0.25) is 0 Å². The van der Waals surface area contributed by atoms with Crippen LogP contribution in [-0.2, 0) is 0 Å². The summed E-state index contributed by atoms with van der Waals surface area (Å²) in [6.45, 7) is 2.63. The van der Waals surface area contributed by atoms with Gasteiger partial charge in [-0.2, -0.15) is 0 Å². The molecule has 1 amide bonds. The van der Waals surface area contributed by atoms with Crippen molar-refractivity contribution in [1.29, 1.82) is 0 Å². The molecule has 0 aliphatic heterocycles. The molecule has 0 aromatic heterocycles. The number of carbonyl (C=O) groups excluding carboxylic acids is 1. The van der Waals surface area contributed by atoms with Crippen molar-refractivity contribution < 1.29 is 9.18 Å². The van der Waals surface area contributed by atoms with Crippen LogP contribution in [-0.4, -0.2) is 31.4 Å². The lowest BCUT2D eigenvalue weighted by Gasteiger charge is -2.15. The van der Waals surface area contributed by atoms with Gasteiger partial charge in [0.1, 0.15) is 5.82 Å². The number of para-hydroxylation sites is 1. The van der Waals surface area contributed by atoms with Gasteiger partial charge in [0.15, 0.2) is 0 Å². The van der Waals surface area contributed by atoms with Gasteiger partial charge in [-0.3, -0.25) is 4.79 Å². The Labute approximate surface area is 95.3 Å². The Balaban J connectivity index is 3.07. The van der Waals surface area contributed by atoms with E-state index in [1.165, 1.54) is 11.0 Å². The third-order valence-corrected chi connectivity index (χ3v) is 2.20. The van der Waals surface area contributed by atoms with Crippen LogP contribution < -0.4 is 5.32 Å². The highest BCUT2D eigenvalue weighted by Gasteiger charge is 2.15. The molecular weight excluding hydrogens is 207 g/mol. The van der Waals surface area contributed by atoms with Gasteiger partial charge in [-0.15, -0.1) is 0 Å². The van der Waals surface area contributed by atoms with E-state index in [1.54, 1.807) is 26.2 Å². The van der Waals surface area contributed by atoms with E-state index in [9.17, 15) is 9.18 Å². The van der Waals surface area contributed by atoms with Crippen LogP contribution >= 0.6 is 0 Å². The van der Waals surface area contributed by atoms with Gasteiger partial charge in [0.25, 0.3) is 5.91 Å². The van der Waals surface area contributed by atoms with Crippen LogP contribution in [0.4, 0.5) is 10.1 Å². The second-order valence-electron chi connectivity index (χ2n) is 3.79. The normalized spacial score (nSPS) is 10.0. The molecule has 0 spiro atoms. The summed E-state index contributed by atoms with van der Waals surface area (Å²) in [6, 6.07) is 4.52. The van der Waals surface area contributed by atoms with E-state index in [0.29, 0.717) is 17.8 Å². The Kier molecular flexibility index (Phi) is 4.28. The molecule has 3 nitrogen and oxygen atoms in total. The number of hydrogen-bond acceptors (Lipinski definition) is 2. The van der Waals surface area contributed by atoms with E-state index in [-0.39, 0.29) is 11.7 Å². The Morgan fingerprint density at radius 1 is 1.44 bits per heavy atom. The second-order valence-corrected chi connectivity index (χ2v) is 3.79. The predicted octanol–water partition coefficient (Wildman–Crippen LogP) is 2.35. The number of nitrogens with zero attached hydrogens (tertiary/aromatic N) is 1. The van der Waals surface area contributed by atoms with Gasteiger partial charge in [-0.25, -0.2) is 4.39 Å². The fraction of sp³-hybridized carbons (Fsp3) is 0.417. The van der Waals surface area contributed by atoms with Gasteiger partial charge in [-0.05, 0) is 18.6 Å². The number of amides is 1. The van der Waals surface area contributed by atoms with Crippen LogP contribution in [0.15, 0.2) is 18.2 Å². The smallest absolute Gasteiger partial charge is 0.255 e. The zero-order valence-corrected chi connectivity index (χ0v) is 9.88. The molecule has 1 aromatic rings. The van der Waals surface area contributed by atoms with Crippen molar-refractivity contribution >= 4 is 11.6 Å². The number of anilines is 1. The van der Waals surface area contributed by atoms with Crippen molar-refractivity contribution in [2.75, 3.05) is 26.0 Å². The summed E-state index contributed by atoms with van der Waals surface area (Å²) in [7, 11) is 3.30. The van der Waals surface area contributed by atoms with Crippen molar-refractivity contribution in [1.82, 2.24) is 4.90 Å². The lowest BCUT2D eigenvalue weighted by molar-refractivity contribution is 0.0828. The van der Waals surface area contributed by atoms with E-state index in [0.717, 1.165) is 6.42 Å². The molecule has 0 radical (unpaired) electrons. The van der Waals surface area contributed by atoms with E-state index in [2.05, 4.69) is 5.32 Å². The van der Waals surface area contributed by atoms with Crippen LogP contribution in [0.3, 0.4) is 0 Å². The topological polar surface area (TPSA) is 32.3 Å². The fourth-order valence-corrected chi connectivity index (χ4v) is 1.37. The van der Waals surface area contributed by atoms with Gasteiger partial charge < -0.3 is 10.2 Å². The third kappa shape index (κ3) is 2.72. The maximum Gasteiger partial charge on any atom is 0.255 e. The molecule has 1 N–H and O–H groups in total. The summed E-state index contributed by atoms with van der Waals surface area (Å²) >= 11 is 0. The quantitative estimate of drug-likeness (QED) is 0.851. The molecule has 0 saturated carbocycles.